The molecule has 136 valence electrons. The normalized spacial score (nSPS) is 19.7. The average molecular weight is 349 g/mol. The fraction of sp³-hybridized carbons (Fsp3) is 0.625. The highest BCUT2D eigenvalue weighted by atomic mass is 17.0. The standard InChI is InChI=1S/C16H23N5O4/c1-18-8-10-19(11-9-18)15-3-2-13(12-17-15)16(22)20-6-4-14(5-7-20)25-21(23)24/h2-3,12,14H,4-11H2,1H3. The molecule has 9 nitrogen and oxygen atoms in total. The van der Waals surface area contributed by atoms with E-state index < -0.39 is 11.2 Å². The summed E-state index contributed by atoms with van der Waals surface area (Å²) in [5.41, 5.74) is 0.548. The van der Waals surface area contributed by atoms with Gasteiger partial charge in [-0.1, -0.05) is 0 Å². The maximum atomic E-state index is 12.6. The van der Waals surface area contributed by atoms with Gasteiger partial charge in [-0.05, 0) is 32.0 Å². The summed E-state index contributed by atoms with van der Waals surface area (Å²) < 4.78 is 0. The van der Waals surface area contributed by atoms with Gasteiger partial charge in [-0.15, -0.1) is 10.1 Å². The number of amides is 1. The average Bonchev–Trinajstić information content (AvgIpc) is 2.62. The zero-order valence-corrected chi connectivity index (χ0v) is 14.3. The molecule has 0 unspecified atom stereocenters. The van der Waals surface area contributed by atoms with Gasteiger partial charge in [0.25, 0.3) is 11.0 Å². The van der Waals surface area contributed by atoms with Crippen LogP contribution in [-0.2, 0) is 4.84 Å². The number of piperidine rings is 1. The number of carbonyl (C=O) groups is 1. The predicted molar refractivity (Wildman–Crippen MR) is 91.0 cm³/mol. The quantitative estimate of drug-likeness (QED) is 0.582. The second-order valence-corrected chi connectivity index (χ2v) is 6.52. The van der Waals surface area contributed by atoms with Crippen molar-refractivity contribution in [2.45, 2.75) is 18.9 Å². The maximum Gasteiger partial charge on any atom is 0.294 e. The van der Waals surface area contributed by atoms with E-state index in [2.05, 4.69) is 26.7 Å². The zero-order valence-electron chi connectivity index (χ0n) is 14.3. The van der Waals surface area contributed by atoms with Crippen LogP contribution in [0.3, 0.4) is 0 Å². The summed E-state index contributed by atoms with van der Waals surface area (Å²) in [5, 5.41) is 9.61. The minimum atomic E-state index is -0.761. The first kappa shape index (κ1) is 17.4. The number of nitrogens with zero attached hydrogens (tertiary/aromatic N) is 5. The van der Waals surface area contributed by atoms with E-state index in [0.29, 0.717) is 31.5 Å². The Bertz CT molecular complexity index is 607. The highest BCUT2D eigenvalue weighted by Gasteiger charge is 2.26. The van der Waals surface area contributed by atoms with Crippen LogP contribution in [0, 0.1) is 10.1 Å². The highest BCUT2D eigenvalue weighted by Crippen LogP contribution is 2.18. The molecule has 1 aromatic rings. The number of piperazine rings is 1. The van der Waals surface area contributed by atoms with E-state index in [9.17, 15) is 14.9 Å². The minimum Gasteiger partial charge on any atom is -0.354 e. The molecule has 2 aliphatic rings. The first-order chi connectivity index (χ1) is 12.0. The monoisotopic (exact) mass is 349 g/mol. The number of likely N-dealkylation sites (N-methyl/N-ethyl adjacent to an activating group) is 1. The van der Waals surface area contributed by atoms with Crippen molar-refractivity contribution in [3.05, 3.63) is 34.0 Å². The van der Waals surface area contributed by atoms with E-state index in [1.807, 2.05) is 12.1 Å². The van der Waals surface area contributed by atoms with E-state index in [1.54, 1.807) is 11.1 Å². The van der Waals surface area contributed by atoms with E-state index in [4.69, 9.17) is 0 Å². The van der Waals surface area contributed by atoms with Gasteiger partial charge in [0.05, 0.1) is 5.56 Å². The lowest BCUT2D eigenvalue weighted by atomic mass is 10.1. The molecule has 1 aromatic heterocycles. The molecular weight excluding hydrogens is 326 g/mol. The van der Waals surface area contributed by atoms with Crippen LogP contribution in [0.15, 0.2) is 18.3 Å². The van der Waals surface area contributed by atoms with Crippen molar-refractivity contribution >= 4 is 11.7 Å². The third-order valence-corrected chi connectivity index (χ3v) is 4.79. The largest absolute Gasteiger partial charge is 0.354 e. The molecule has 3 rings (SSSR count). The molecule has 9 heteroatoms. The van der Waals surface area contributed by atoms with Crippen molar-refractivity contribution in [1.82, 2.24) is 14.8 Å². The Hall–Kier alpha value is -2.42. The molecule has 2 aliphatic heterocycles. The second-order valence-electron chi connectivity index (χ2n) is 6.52. The molecule has 3 heterocycles. The Labute approximate surface area is 146 Å². The Balaban J connectivity index is 1.55. The van der Waals surface area contributed by atoms with Crippen LogP contribution in [0.2, 0.25) is 0 Å². The van der Waals surface area contributed by atoms with Crippen LogP contribution in [0.4, 0.5) is 5.82 Å². The van der Waals surface area contributed by atoms with Crippen LogP contribution >= 0.6 is 0 Å². The Morgan fingerprint density at radius 3 is 2.44 bits per heavy atom. The maximum absolute atomic E-state index is 12.6. The minimum absolute atomic E-state index is 0.0861. The van der Waals surface area contributed by atoms with Crippen LogP contribution < -0.4 is 4.90 Å². The van der Waals surface area contributed by atoms with Crippen molar-refractivity contribution in [1.29, 1.82) is 0 Å². The van der Waals surface area contributed by atoms with E-state index in [-0.39, 0.29) is 5.91 Å². The van der Waals surface area contributed by atoms with Crippen molar-refractivity contribution < 1.29 is 14.7 Å². The van der Waals surface area contributed by atoms with Crippen molar-refractivity contribution in [2.75, 3.05) is 51.2 Å². The van der Waals surface area contributed by atoms with Crippen molar-refractivity contribution in [3.63, 3.8) is 0 Å². The zero-order chi connectivity index (χ0) is 17.8. The Kier molecular flexibility index (Phi) is 5.32. The number of likely N-dealkylation sites (tertiary alicyclic amines) is 1. The van der Waals surface area contributed by atoms with Crippen LogP contribution in [0.1, 0.15) is 23.2 Å². The van der Waals surface area contributed by atoms with Gasteiger partial charge < -0.3 is 19.5 Å². The molecule has 0 spiro atoms. The highest BCUT2D eigenvalue weighted by molar-refractivity contribution is 5.94. The smallest absolute Gasteiger partial charge is 0.294 e. The van der Waals surface area contributed by atoms with Gasteiger partial charge in [0.15, 0.2) is 0 Å². The molecule has 0 aliphatic carbocycles. The molecule has 0 N–H and O–H groups in total. The molecule has 0 aromatic carbocycles. The third-order valence-electron chi connectivity index (χ3n) is 4.79. The van der Waals surface area contributed by atoms with E-state index in [1.165, 1.54) is 0 Å². The van der Waals surface area contributed by atoms with Gasteiger partial charge in [0.1, 0.15) is 11.9 Å². The molecular formula is C16H23N5O4. The molecule has 0 radical (unpaired) electrons. The van der Waals surface area contributed by atoms with Gasteiger partial charge >= 0.3 is 0 Å². The second kappa shape index (κ2) is 7.64. The first-order valence-corrected chi connectivity index (χ1v) is 8.53. The molecule has 0 atom stereocenters. The van der Waals surface area contributed by atoms with Crippen molar-refractivity contribution in [2.24, 2.45) is 0 Å². The van der Waals surface area contributed by atoms with Gasteiger partial charge in [-0.2, -0.15) is 0 Å². The predicted octanol–water partition coefficient (Wildman–Crippen LogP) is 0.646. The number of aromatic nitrogens is 1. The molecule has 2 saturated heterocycles. The fourth-order valence-electron chi connectivity index (χ4n) is 3.20. The summed E-state index contributed by atoms with van der Waals surface area (Å²) in [6, 6.07) is 3.70. The van der Waals surface area contributed by atoms with Crippen molar-refractivity contribution in [3.8, 4) is 0 Å². The summed E-state index contributed by atoms with van der Waals surface area (Å²) in [4.78, 5) is 38.1. The van der Waals surface area contributed by atoms with E-state index in [0.717, 1.165) is 32.0 Å². The molecule has 1 amide bonds. The number of hydrogen-bond donors (Lipinski definition) is 0. The molecule has 0 bridgehead atoms. The van der Waals surface area contributed by atoms with Gasteiger partial charge in [0, 0.05) is 45.5 Å². The summed E-state index contributed by atoms with van der Waals surface area (Å²) in [7, 11) is 2.10. The number of hydrogen-bond acceptors (Lipinski definition) is 7. The number of pyridine rings is 1. The summed E-state index contributed by atoms with van der Waals surface area (Å²) in [6.07, 6.45) is 2.14. The van der Waals surface area contributed by atoms with Crippen LogP contribution in [-0.4, -0.2) is 78.2 Å². The first-order valence-electron chi connectivity index (χ1n) is 8.53. The fourth-order valence-corrected chi connectivity index (χ4v) is 3.20. The lowest BCUT2D eigenvalue weighted by Gasteiger charge is -2.33. The number of anilines is 1. The summed E-state index contributed by atoms with van der Waals surface area (Å²) in [6.45, 7) is 4.78. The number of rotatable bonds is 4. The summed E-state index contributed by atoms with van der Waals surface area (Å²) >= 11 is 0. The molecule has 2 fully saturated rings. The van der Waals surface area contributed by atoms with Gasteiger partial charge in [-0.3, -0.25) is 4.79 Å². The Morgan fingerprint density at radius 2 is 1.88 bits per heavy atom. The molecule has 25 heavy (non-hydrogen) atoms. The SMILES string of the molecule is CN1CCN(c2ccc(C(=O)N3CCC(O[N+](=O)[O-])CC3)cn2)CC1. The topological polar surface area (TPSA) is 92.0 Å². The third kappa shape index (κ3) is 4.36. The van der Waals surface area contributed by atoms with Crippen LogP contribution in [0.25, 0.3) is 0 Å². The lowest BCUT2D eigenvalue weighted by molar-refractivity contribution is -0.769. The lowest BCUT2D eigenvalue weighted by Crippen LogP contribution is -2.44. The summed E-state index contributed by atoms with van der Waals surface area (Å²) in [5.74, 6) is 0.805. The van der Waals surface area contributed by atoms with Gasteiger partial charge in [-0.25, -0.2) is 4.98 Å². The van der Waals surface area contributed by atoms with E-state index >= 15 is 0 Å². The Morgan fingerprint density at radius 1 is 1.20 bits per heavy atom. The van der Waals surface area contributed by atoms with Gasteiger partial charge in [0.2, 0.25) is 0 Å². The van der Waals surface area contributed by atoms with Crippen LogP contribution in [0.5, 0.6) is 0 Å². The molecule has 0 saturated carbocycles. The number of carbonyl (C=O) groups excluding carboxylic acids is 1.